The molecule has 2 heteroatoms. The van der Waals surface area contributed by atoms with Gasteiger partial charge in [-0.3, -0.25) is 4.79 Å². The molecule has 0 aromatic carbocycles. The maximum Gasteiger partial charge on any atom is 0.222 e. The topological polar surface area (TPSA) is 20.3 Å². The van der Waals surface area contributed by atoms with Crippen LogP contribution < -0.4 is 0 Å². The number of carbonyl (C=O) groups excluding carboxylic acids is 1. The molecule has 130 valence electrons. The summed E-state index contributed by atoms with van der Waals surface area (Å²) in [6.45, 7) is 5.11. The zero-order valence-electron chi connectivity index (χ0n) is 15.4. The second-order valence-corrected chi connectivity index (χ2v) is 9.52. The van der Waals surface area contributed by atoms with Crippen molar-refractivity contribution in [2.75, 3.05) is 7.05 Å². The van der Waals surface area contributed by atoms with Crippen LogP contribution in [-0.2, 0) is 4.79 Å². The largest absolute Gasteiger partial charge is 0.342 e. The third-order valence-corrected chi connectivity index (χ3v) is 8.88. The fraction of sp³-hybridized carbons (Fsp3) is 0.952. The Kier molecular flexibility index (Phi) is 4.01. The van der Waals surface area contributed by atoms with Gasteiger partial charge in [-0.15, -0.1) is 0 Å². The summed E-state index contributed by atoms with van der Waals surface area (Å²) in [5, 5.41) is 0. The minimum Gasteiger partial charge on any atom is -0.342 e. The van der Waals surface area contributed by atoms with Gasteiger partial charge >= 0.3 is 0 Å². The van der Waals surface area contributed by atoms with Gasteiger partial charge in [-0.2, -0.15) is 0 Å². The van der Waals surface area contributed by atoms with E-state index >= 15 is 0 Å². The number of rotatable bonds is 0. The summed E-state index contributed by atoms with van der Waals surface area (Å²) in [6.07, 6.45) is 13.0. The second-order valence-electron chi connectivity index (χ2n) is 9.52. The van der Waals surface area contributed by atoms with E-state index in [4.69, 9.17) is 0 Å². The van der Waals surface area contributed by atoms with E-state index in [-0.39, 0.29) is 0 Å². The van der Waals surface area contributed by atoms with Crippen molar-refractivity contribution in [3.63, 3.8) is 0 Å². The van der Waals surface area contributed by atoms with Gasteiger partial charge in [0.15, 0.2) is 0 Å². The van der Waals surface area contributed by atoms with Crippen molar-refractivity contribution < 1.29 is 4.79 Å². The van der Waals surface area contributed by atoms with Crippen LogP contribution in [0.1, 0.15) is 78.1 Å². The van der Waals surface area contributed by atoms with Gasteiger partial charge in [0.1, 0.15) is 0 Å². The van der Waals surface area contributed by atoms with Crippen molar-refractivity contribution in [2.24, 2.45) is 35.0 Å². The predicted octanol–water partition coefficient (Wildman–Crippen LogP) is 4.88. The lowest BCUT2D eigenvalue weighted by Gasteiger charge is -2.56. The van der Waals surface area contributed by atoms with Crippen molar-refractivity contribution in [3.8, 4) is 0 Å². The van der Waals surface area contributed by atoms with E-state index in [1.54, 1.807) is 0 Å². The number of nitrogens with zero attached hydrogens (tertiary/aromatic N) is 1. The van der Waals surface area contributed by atoms with Gasteiger partial charge in [0.25, 0.3) is 0 Å². The van der Waals surface area contributed by atoms with Crippen LogP contribution in [0, 0.1) is 35.0 Å². The summed E-state index contributed by atoms with van der Waals surface area (Å²) in [5.74, 6) is 4.97. The Labute approximate surface area is 142 Å². The van der Waals surface area contributed by atoms with Gasteiger partial charge in [-0.25, -0.2) is 0 Å². The first-order valence-corrected chi connectivity index (χ1v) is 10.3. The molecule has 0 aromatic heterocycles. The minimum atomic E-state index is 0.410. The summed E-state index contributed by atoms with van der Waals surface area (Å²) >= 11 is 0. The molecular weight excluding hydrogens is 282 g/mol. The zero-order chi connectivity index (χ0) is 16.2. The number of hydrogen-bond donors (Lipinski definition) is 0. The molecular formula is C21H35NO. The van der Waals surface area contributed by atoms with Gasteiger partial charge < -0.3 is 4.90 Å². The highest BCUT2D eigenvalue weighted by Gasteiger charge is 2.55. The smallest absolute Gasteiger partial charge is 0.222 e. The quantitative estimate of drug-likeness (QED) is 0.624. The molecule has 4 rings (SSSR count). The molecule has 0 bridgehead atoms. The number of likely N-dealkylation sites (tertiary alicyclic amines) is 1. The Morgan fingerprint density at radius 2 is 1.78 bits per heavy atom. The average Bonchev–Trinajstić information content (AvgIpc) is 2.85. The van der Waals surface area contributed by atoms with Crippen LogP contribution >= 0.6 is 0 Å². The highest BCUT2D eigenvalue weighted by Crippen LogP contribution is 2.62. The number of carbonyl (C=O) groups is 1. The molecule has 1 aliphatic heterocycles. The van der Waals surface area contributed by atoms with E-state index in [1.807, 2.05) is 0 Å². The summed E-state index contributed by atoms with van der Waals surface area (Å²) in [5.41, 5.74) is 0.622. The van der Waals surface area contributed by atoms with Crippen LogP contribution in [-0.4, -0.2) is 23.9 Å². The predicted molar refractivity (Wildman–Crippen MR) is 94.0 cm³/mol. The lowest BCUT2D eigenvalue weighted by Crippen LogP contribution is -2.53. The highest BCUT2D eigenvalue weighted by atomic mass is 16.2. The maximum atomic E-state index is 12.4. The molecule has 0 radical (unpaired) electrons. The fourth-order valence-corrected chi connectivity index (χ4v) is 7.29. The molecule has 3 saturated carbocycles. The molecule has 3 aliphatic carbocycles. The van der Waals surface area contributed by atoms with Crippen molar-refractivity contribution in [1.82, 2.24) is 4.90 Å². The van der Waals surface area contributed by atoms with E-state index in [2.05, 4.69) is 25.8 Å². The normalized spacial score (nSPS) is 50.6. The summed E-state index contributed by atoms with van der Waals surface area (Å²) in [6, 6.07) is 0.548. The Balaban J connectivity index is 1.59. The summed E-state index contributed by atoms with van der Waals surface area (Å²) < 4.78 is 0. The molecule has 0 spiro atoms. The molecule has 23 heavy (non-hydrogen) atoms. The van der Waals surface area contributed by atoms with E-state index < -0.39 is 0 Å². The number of hydrogen-bond acceptors (Lipinski definition) is 1. The Morgan fingerprint density at radius 1 is 0.957 bits per heavy atom. The van der Waals surface area contributed by atoms with Gasteiger partial charge in [-0.05, 0) is 86.4 Å². The molecule has 2 nitrogen and oxygen atoms in total. The first kappa shape index (κ1) is 16.0. The van der Waals surface area contributed by atoms with E-state index in [0.717, 1.165) is 42.4 Å². The Hall–Kier alpha value is -0.530. The third kappa shape index (κ3) is 2.38. The zero-order valence-corrected chi connectivity index (χ0v) is 15.4. The van der Waals surface area contributed by atoms with Crippen molar-refractivity contribution in [3.05, 3.63) is 0 Å². The van der Waals surface area contributed by atoms with Gasteiger partial charge in [0.05, 0.1) is 0 Å². The molecule has 4 aliphatic rings. The van der Waals surface area contributed by atoms with E-state index in [1.165, 1.54) is 51.4 Å². The Bertz CT molecular complexity index is 474. The van der Waals surface area contributed by atoms with Crippen LogP contribution in [0.3, 0.4) is 0 Å². The number of fused-ring (bicyclic) bond motifs is 5. The average molecular weight is 318 g/mol. The SMILES string of the molecule is C[C@H]1CCC2C3CCC4[C@@H](CCCCC(=O)N4C)C3CC[C@@]21C. The van der Waals surface area contributed by atoms with Gasteiger partial charge in [0, 0.05) is 19.5 Å². The minimum absolute atomic E-state index is 0.410. The van der Waals surface area contributed by atoms with E-state index in [0.29, 0.717) is 17.4 Å². The highest BCUT2D eigenvalue weighted by molar-refractivity contribution is 5.76. The summed E-state index contributed by atoms with van der Waals surface area (Å²) in [4.78, 5) is 14.5. The molecule has 1 amide bonds. The monoisotopic (exact) mass is 317 g/mol. The Morgan fingerprint density at radius 3 is 2.61 bits per heavy atom. The molecule has 1 saturated heterocycles. The van der Waals surface area contributed by atoms with Crippen LogP contribution in [0.25, 0.3) is 0 Å². The van der Waals surface area contributed by atoms with Crippen LogP contribution in [0.15, 0.2) is 0 Å². The van der Waals surface area contributed by atoms with Gasteiger partial charge in [-0.1, -0.05) is 20.3 Å². The van der Waals surface area contributed by atoms with Crippen molar-refractivity contribution in [2.45, 2.75) is 84.1 Å². The van der Waals surface area contributed by atoms with Crippen LogP contribution in [0.5, 0.6) is 0 Å². The molecule has 4 unspecified atom stereocenters. The van der Waals surface area contributed by atoms with Crippen molar-refractivity contribution in [1.29, 1.82) is 0 Å². The van der Waals surface area contributed by atoms with Crippen LogP contribution in [0.4, 0.5) is 0 Å². The van der Waals surface area contributed by atoms with Crippen LogP contribution in [0.2, 0.25) is 0 Å². The maximum absolute atomic E-state index is 12.4. The molecule has 1 heterocycles. The molecule has 4 fully saturated rings. The molecule has 7 atom stereocenters. The lowest BCUT2D eigenvalue weighted by atomic mass is 9.51. The van der Waals surface area contributed by atoms with Crippen molar-refractivity contribution >= 4 is 5.91 Å². The first-order valence-electron chi connectivity index (χ1n) is 10.3. The summed E-state index contributed by atoms with van der Waals surface area (Å²) in [7, 11) is 2.09. The first-order chi connectivity index (χ1) is 11.0. The fourth-order valence-electron chi connectivity index (χ4n) is 7.29. The van der Waals surface area contributed by atoms with E-state index in [9.17, 15) is 4.79 Å². The second kappa shape index (κ2) is 5.77. The third-order valence-electron chi connectivity index (χ3n) is 8.88. The molecule has 0 aromatic rings. The standard InChI is InChI=1S/C21H35NO/c1-14-8-10-18-16-9-11-19-17(15(16)12-13-21(14,18)2)6-4-5-7-20(23)22(19)3/h14-19H,4-13H2,1-3H3/t14-,15?,16?,17-,18?,19?,21+/m0/s1. The lowest BCUT2D eigenvalue weighted by molar-refractivity contribution is -0.138. The number of amides is 1. The molecule has 0 N–H and O–H groups in total. The van der Waals surface area contributed by atoms with Gasteiger partial charge in [0.2, 0.25) is 5.91 Å².